The number of morpholine rings is 1. The first-order valence-corrected chi connectivity index (χ1v) is 11.6. The lowest BCUT2D eigenvalue weighted by Crippen LogP contribution is -2.44. The highest BCUT2D eigenvalue weighted by Gasteiger charge is 2.24. The number of nitrogens with zero attached hydrogens (tertiary/aromatic N) is 3. The Labute approximate surface area is 172 Å². The number of aromatic nitrogens is 1. The Balaban J connectivity index is 1.37. The molecule has 28 heavy (non-hydrogen) atoms. The van der Waals surface area contributed by atoms with Gasteiger partial charge < -0.3 is 9.15 Å². The fourth-order valence-electron chi connectivity index (χ4n) is 4.24. The maximum Gasteiger partial charge on any atom is 0.226 e. The van der Waals surface area contributed by atoms with Gasteiger partial charge in [-0.15, -0.1) is 11.8 Å². The maximum atomic E-state index is 6.00. The van der Waals surface area contributed by atoms with E-state index in [2.05, 4.69) is 40.3 Å². The summed E-state index contributed by atoms with van der Waals surface area (Å²) >= 11 is 1.75. The molecule has 1 aromatic carbocycles. The third kappa shape index (κ3) is 4.98. The van der Waals surface area contributed by atoms with Gasteiger partial charge in [0.15, 0.2) is 0 Å². The number of hydrogen-bond donors (Lipinski definition) is 0. The summed E-state index contributed by atoms with van der Waals surface area (Å²) < 4.78 is 11.5. The van der Waals surface area contributed by atoms with E-state index in [1.165, 1.54) is 24.3 Å². The van der Waals surface area contributed by atoms with Gasteiger partial charge in [-0.3, -0.25) is 9.80 Å². The molecule has 6 heteroatoms. The van der Waals surface area contributed by atoms with E-state index < -0.39 is 0 Å². The van der Waals surface area contributed by atoms with Crippen LogP contribution in [0.1, 0.15) is 24.3 Å². The van der Waals surface area contributed by atoms with Gasteiger partial charge in [-0.2, -0.15) is 0 Å². The van der Waals surface area contributed by atoms with Crippen molar-refractivity contribution in [2.75, 3.05) is 52.2 Å². The lowest BCUT2D eigenvalue weighted by Gasteiger charge is -2.36. The molecule has 0 spiro atoms. The molecule has 1 unspecified atom stereocenters. The van der Waals surface area contributed by atoms with Crippen molar-refractivity contribution in [1.82, 2.24) is 14.8 Å². The average Bonchev–Trinajstić information content (AvgIpc) is 3.09. The zero-order chi connectivity index (χ0) is 19.3. The second-order valence-corrected chi connectivity index (χ2v) is 8.79. The van der Waals surface area contributed by atoms with Crippen LogP contribution in [0.4, 0.5) is 0 Å². The van der Waals surface area contributed by atoms with E-state index in [1.54, 1.807) is 11.8 Å². The topological polar surface area (TPSA) is 41.7 Å². The van der Waals surface area contributed by atoms with Gasteiger partial charge in [0, 0.05) is 43.2 Å². The molecule has 0 radical (unpaired) electrons. The summed E-state index contributed by atoms with van der Waals surface area (Å²) in [6.07, 6.45) is 4.70. The van der Waals surface area contributed by atoms with Gasteiger partial charge in [0.1, 0.15) is 5.76 Å². The van der Waals surface area contributed by atoms with Crippen LogP contribution in [0.15, 0.2) is 33.6 Å². The summed E-state index contributed by atoms with van der Waals surface area (Å²) in [4.78, 5) is 11.2. The number of thioether (sulfide) groups is 1. The van der Waals surface area contributed by atoms with Crippen LogP contribution in [0.2, 0.25) is 0 Å². The SMILES string of the molecule is CSc1ccc(-c2nc(CN3CCCC(CN4CCOCC4)C3)c(C)o2)cc1. The summed E-state index contributed by atoms with van der Waals surface area (Å²) in [6.45, 7) is 10.4. The summed E-state index contributed by atoms with van der Waals surface area (Å²) in [5, 5.41) is 0. The summed E-state index contributed by atoms with van der Waals surface area (Å²) in [6, 6.07) is 8.44. The molecule has 1 atom stereocenters. The Bertz CT molecular complexity index is 756. The summed E-state index contributed by atoms with van der Waals surface area (Å²) in [5.74, 6) is 2.43. The van der Waals surface area contributed by atoms with Crippen molar-refractivity contribution >= 4 is 11.8 Å². The minimum absolute atomic E-state index is 0.738. The molecule has 2 aliphatic rings. The van der Waals surface area contributed by atoms with Crippen molar-refractivity contribution in [3.8, 4) is 11.5 Å². The van der Waals surface area contributed by atoms with Crippen LogP contribution in [0.5, 0.6) is 0 Å². The molecular weight excluding hydrogens is 370 g/mol. The fraction of sp³-hybridized carbons (Fsp3) is 0.591. The minimum atomic E-state index is 0.738. The Morgan fingerprint density at radius 2 is 1.89 bits per heavy atom. The maximum absolute atomic E-state index is 6.00. The van der Waals surface area contributed by atoms with Gasteiger partial charge >= 0.3 is 0 Å². The first-order valence-electron chi connectivity index (χ1n) is 10.3. The first kappa shape index (κ1) is 20.0. The standard InChI is InChI=1S/C22H31N3O2S/c1-17-21(23-22(27-17)19-5-7-20(28-2)8-6-19)16-25-9-3-4-18(15-25)14-24-10-12-26-13-11-24/h5-8,18H,3-4,9-16H2,1-2H3. The summed E-state index contributed by atoms with van der Waals surface area (Å²) in [5.41, 5.74) is 2.13. The van der Waals surface area contributed by atoms with Gasteiger partial charge in [-0.1, -0.05) is 0 Å². The van der Waals surface area contributed by atoms with E-state index in [1.807, 2.05) is 6.92 Å². The molecule has 3 heterocycles. The molecule has 1 aromatic heterocycles. The van der Waals surface area contributed by atoms with Crippen molar-refractivity contribution in [3.63, 3.8) is 0 Å². The van der Waals surface area contributed by atoms with Crippen LogP contribution in [0, 0.1) is 12.8 Å². The molecular formula is C22H31N3O2S. The number of oxazole rings is 1. The van der Waals surface area contributed by atoms with E-state index in [-0.39, 0.29) is 0 Å². The Morgan fingerprint density at radius 1 is 1.11 bits per heavy atom. The molecule has 2 aliphatic heterocycles. The van der Waals surface area contributed by atoms with Gasteiger partial charge in [0.05, 0.1) is 18.9 Å². The number of rotatable bonds is 6. The Morgan fingerprint density at radius 3 is 2.64 bits per heavy atom. The predicted octanol–water partition coefficient (Wildman–Crippen LogP) is 3.92. The third-order valence-electron chi connectivity index (χ3n) is 5.83. The number of aryl methyl sites for hydroxylation is 1. The van der Waals surface area contributed by atoms with E-state index in [4.69, 9.17) is 14.1 Å². The van der Waals surface area contributed by atoms with Gasteiger partial charge in [-0.25, -0.2) is 4.98 Å². The van der Waals surface area contributed by atoms with Gasteiger partial charge in [-0.05, 0) is 62.7 Å². The lowest BCUT2D eigenvalue weighted by molar-refractivity contribution is 0.0223. The van der Waals surface area contributed by atoms with Crippen LogP contribution in [0.3, 0.4) is 0 Å². The average molecular weight is 402 g/mol. The van der Waals surface area contributed by atoms with Crippen LogP contribution in [-0.4, -0.2) is 67.0 Å². The van der Waals surface area contributed by atoms with Crippen LogP contribution in [0.25, 0.3) is 11.5 Å². The molecule has 5 nitrogen and oxygen atoms in total. The van der Waals surface area contributed by atoms with Crippen molar-refractivity contribution in [1.29, 1.82) is 0 Å². The highest BCUT2D eigenvalue weighted by Crippen LogP contribution is 2.26. The molecule has 2 aromatic rings. The predicted molar refractivity (Wildman–Crippen MR) is 114 cm³/mol. The first-order chi connectivity index (χ1) is 13.7. The van der Waals surface area contributed by atoms with Crippen LogP contribution < -0.4 is 0 Å². The summed E-state index contributed by atoms with van der Waals surface area (Å²) in [7, 11) is 0. The molecule has 2 fully saturated rings. The van der Waals surface area contributed by atoms with E-state index in [0.29, 0.717) is 0 Å². The Hall–Kier alpha value is -1.34. The number of benzene rings is 1. The second-order valence-electron chi connectivity index (χ2n) is 7.91. The quantitative estimate of drug-likeness (QED) is 0.684. The van der Waals surface area contributed by atoms with Crippen molar-refractivity contribution in [2.24, 2.45) is 5.92 Å². The van der Waals surface area contributed by atoms with Crippen LogP contribution >= 0.6 is 11.8 Å². The molecule has 0 N–H and O–H groups in total. The van der Waals surface area contributed by atoms with Gasteiger partial charge in [0.2, 0.25) is 5.89 Å². The van der Waals surface area contributed by atoms with Crippen LogP contribution in [-0.2, 0) is 11.3 Å². The van der Waals surface area contributed by atoms with E-state index in [0.717, 1.165) is 74.8 Å². The molecule has 0 aliphatic carbocycles. The van der Waals surface area contributed by atoms with E-state index in [9.17, 15) is 0 Å². The smallest absolute Gasteiger partial charge is 0.226 e. The largest absolute Gasteiger partial charge is 0.441 e. The van der Waals surface area contributed by atoms with Crippen molar-refractivity contribution in [3.05, 3.63) is 35.7 Å². The Kier molecular flexibility index (Phi) is 6.73. The number of piperidine rings is 1. The monoisotopic (exact) mass is 401 g/mol. The molecule has 0 bridgehead atoms. The fourth-order valence-corrected chi connectivity index (χ4v) is 4.64. The lowest BCUT2D eigenvalue weighted by atomic mass is 9.97. The normalized spacial score (nSPS) is 21.9. The number of ether oxygens (including phenoxy) is 1. The zero-order valence-corrected chi connectivity index (χ0v) is 17.8. The minimum Gasteiger partial charge on any atom is -0.441 e. The zero-order valence-electron chi connectivity index (χ0n) is 17.0. The molecule has 2 saturated heterocycles. The number of hydrogen-bond acceptors (Lipinski definition) is 6. The molecule has 0 amide bonds. The van der Waals surface area contributed by atoms with Crippen molar-refractivity contribution in [2.45, 2.75) is 31.2 Å². The highest BCUT2D eigenvalue weighted by molar-refractivity contribution is 7.98. The molecule has 4 rings (SSSR count). The second kappa shape index (κ2) is 9.44. The third-order valence-corrected chi connectivity index (χ3v) is 6.57. The van der Waals surface area contributed by atoms with Gasteiger partial charge in [0.25, 0.3) is 0 Å². The molecule has 152 valence electrons. The molecule has 0 saturated carbocycles. The van der Waals surface area contributed by atoms with E-state index >= 15 is 0 Å². The number of likely N-dealkylation sites (tertiary alicyclic amines) is 1. The van der Waals surface area contributed by atoms with Crippen molar-refractivity contribution < 1.29 is 9.15 Å². The highest BCUT2D eigenvalue weighted by atomic mass is 32.2.